The van der Waals surface area contributed by atoms with E-state index in [9.17, 15) is 0 Å². The molecule has 3 saturated heterocycles. The molecule has 0 aliphatic carbocycles. The fraction of sp³-hybridized carbons (Fsp3) is 0.458. The predicted molar refractivity (Wildman–Crippen MR) is 122 cm³/mol. The zero-order valence-corrected chi connectivity index (χ0v) is 18.6. The Kier molecular flexibility index (Phi) is 5.63. The van der Waals surface area contributed by atoms with Crippen LogP contribution in [0.4, 0.5) is 0 Å². The number of aromatic nitrogens is 2. The molecule has 0 radical (unpaired) electrons. The number of aryl methyl sites for hydroxylation is 1. The van der Waals surface area contributed by atoms with E-state index in [0.29, 0.717) is 12.0 Å². The van der Waals surface area contributed by atoms with E-state index in [1.165, 1.54) is 35.5 Å². The van der Waals surface area contributed by atoms with E-state index in [1.54, 1.807) is 18.4 Å². The monoisotopic (exact) mass is 422 g/mol. The second-order valence-electron chi connectivity index (χ2n) is 8.57. The Bertz CT molecular complexity index is 966. The number of methoxy groups -OCH3 is 1. The number of fused-ring (bicyclic) bond motifs is 3. The molecule has 1 aromatic carbocycles. The van der Waals surface area contributed by atoms with Crippen molar-refractivity contribution < 1.29 is 4.74 Å². The van der Waals surface area contributed by atoms with Gasteiger partial charge in [-0.25, -0.2) is 0 Å². The fourth-order valence-electron chi connectivity index (χ4n) is 5.19. The molecule has 3 aliphatic rings. The molecule has 3 aliphatic heterocycles. The third-order valence-corrected chi connectivity index (χ3v) is 7.71. The molecule has 0 saturated carbocycles. The lowest BCUT2D eigenvalue weighted by atomic mass is 9.74. The molecule has 5 nitrogen and oxygen atoms in total. The largest absolute Gasteiger partial charge is 0.497 e. The van der Waals surface area contributed by atoms with Gasteiger partial charge in [0.15, 0.2) is 0 Å². The first-order chi connectivity index (χ1) is 14.7. The standard InChI is InChI=1S/C24H30N4OS/c1-27-23(13-22(26-27)24-4-3-11-30-24)21-16-28-10-9-18(21)12-19(28)15-25-14-17-5-7-20(29-2)8-6-17/h3-8,11,13,18-19,21,25H,9-10,12,14-16H2,1-2H3/t18-,19+,21+/m0/s1. The van der Waals surface area contributed by atoms with E-state index >= 15 is 0 Å². The first-order valence-corrected chi connectivity index (χ1v) is 11.7. The highest BCUT2D eigenvalue weighted by Crippen LogP contribution is 2.42. The summed E-state index contributed by atoms with van der Waals surface area (Å²) in [6.07, 6.45) is 2.58. The van der Waals surface area contributed by atoms with Crippen molar-refractivity contribution in [1.82, 2.24) is 20.0 Å². The molecule has 1 N–H and O–H groups in total. The fourth-order valence-corrected chi connectivity index (χ4v) is 5.87. The molecule has 4 atom stereocenters. The maximum atomic E-state index is 5.25. The van der Waals surface area contributed by atoms with Gasteiger partial charge < -0.3 is 10.1 Å². The number of thiophene rings is 1. The van der Waals surface area contributed by atoms with Crippen LogP contribution in [-0.2, 0) is 13.6 Å². The molecular formula is C24H30N4OS. The SMILES string of the molecule is COc1ccc(CNC[C@H]2C[C@@H]3CCN2C[C@H]3c2cc(-c3cccs3)nn2C)cc1. The average Bonchev–Trinajstić information content (AvgIpc) is 3.44. The quantitative estimate of drug-likeness (QED) is 0.622. The van der Waals surface area contributed by atoms with Crippen molar-refractivity contribution in [3.8, 4) is 16.3 Å². The van der Waals surface area contributed by atoms with Gasteiger partial charge in [-0.3, -0.25) is 9.58 Å². The Labute approximate surface area is 182 Å². The molecule has 5 heterocycles. The van der Waals surface area contributed by atoms with E-state index in [4.69, 9.17) is 9.84 Å². The van der Waals surface area contributed by atoms with Crippen molar-refractivity contribution in [2.75, 3.05) is 26.7 Å². The Morgan fingerprint density at radius 1 is 1.23 bits per heavy atom. The van der Waals surface area contributed by atoms with Crippen molar-refractivity contribution >= 4 is 11.3 Å². The third-order valence-electron chi connectivity index (χ3n) is 6.82. The van der Waals surface area contributed by atoms with Gasteiger partial charge in [0.25, 0.3) is 0 Å². The second-order valence-corrected chi connectivity index (χ2v) is 9.52. The van der Waals surface area contributed by atoms with Crippen LogP contribution in [0, 0.1) is 5.92 Å². The number of benzene rings is 1. The van der Waals surface area contributed by atoms with Crippen LogP contribution < -0.4 is 10.1 Å². The summed E-state index contributed by atoms with van der Waals surface area (Å²) in [6.45, 7) is 4.35. The van der Waals surface area contributed by atoms with Gasteiger partial charge in [-0.1, -0.05) is 18.2 Å². The number of nitrogens with zero attached hydrogens (tertiary/aromatic N) is 3. The van der Waals surface area contributed by atoms with Crippen LogP contribution in [0.2, 0.25) is 0 Å². The Morgan fingerprint density at radius 3 is 2.80 bits per heavy atom. The highest BCUT2D eigenvalue weighted by Gasteiger charge is 2.41. The normalized spacial score (nSPS) is 25.5. The minimum atomic E-state index is 0.600. The predicted octanol–water partition coefficient (Wildman–Crippen LogP) is 4.12. The van der Waals surface area contributed by atoms with Gasteiger partial charge in [0.05, 0.1) is 12.0 Å². The number of piperidine rings is 3. The van der Waals surface area contributed by atoms with E-state index in [2.05, 4.69) is 57.7 Å². The molecule has 1 unspecified atom stereocenters. The molecule has 0 amide bonds. The summed E-state index contributed by atoms with van der Waals surface area (Å²) in [5.41, 5.74) is 3.83. The molecule has 2 aromatic heterocycles. The first kappa shape index (κ1) is 19.8. The van der Waals surface area contributed by atoms with Crippen molar-refractivity contribution in [1.29, 1.82) is 0 Å². The number of hydrogen-bond donors (Lipinski definition) is 1. The summed E-state index contributed by atoms with van der Waals surface area (Å²) >= 11 is 1.77. The van der Waals surface area contributed by atoms with Crippen LogP contribution in [0.1, 0.15) is 30.0 Å². The highest BCUT2D eigenvalue weighted by molar-refractivity contribution is 7.13. The van der Waals surface area contributed by atoms with Gasteiger partial charge >= 0.3 is 0 Å². The molecule has 3 aromatic rings. The number of rotatable bonds is 7. The van der Waals surface area contributed by atoms with Crippen LogP contribution in [-0.4, -0.2) is 47.5 Å². The van der Waals surface area contributed by atoms with Gasteiger partial charge in [-0.2, -0.15) is 5.10 Å². The summed E-state index contributed by atoms with van der Waals surface area (Å²) in [7, 11) is 3.82. The number of nitrogens with one attached hydrogen (secondary N) is 1. The van der Waals surface area contributed by atoms with Crippen LogP contribution in [0.15, 0.2) is 47.8 Å². The van der Waals surface area contributed by atoms with Crippen molar-refractivity contribution in [2.45, 2.75) is 31.3 Å². The van der Waals surface area contributed by atoms with Gasteiger partial charge in [0.2, 0.25) is 0 Å². The summed E-state index contributed by atoms with van der Waals surface area (Å²) < 4.78 is 7.37. The molecular weight excluding hydrogens is 392 g/mol. The zero-order chi connectivity index (χ0) is 20.5. The third kappa shape index (κ3) is 3.92. The van der Waals surface area contributed by atoms with Gasteiger partial charge in [-0.15, -0.1) is 11.3 Å². The number of ether oxygens (including phenoxy) is 1. The summed E-state index contributed by atoms with van der Waals surface area (Å²) in [4.78, 5) is 3.96. The van der Waals surface area contributed by atoms with E-state index in [1.807, 2.05) is 12.1 Å². The van der Waals surface area contributed by atoms with Crippen LogP contribution >= 0.6 is 11.3 Å². The van der Waals surface area contributed by atoms with E-state index in [-0.39, 0.29) is 0 Å². The first-order valence-electron chi connectivity index (χ1n) is 10.9. The van der Waals surface area contributed by atoms with E-state index in [0.717, 1.165) is 37.0 Å². The minimum absolute atomic E-state index is 0.600. The van der Waals surface area contributed by atoms with Gasteiger partial charge in [0.1, 0.15) is 11.4 Å². The smallest absolute Gasteiger partial charge is 0.118 e. The Hall–Kier alpha value is -2.15. The van der Waals surface area contributed by atoms with Crippen LogP contribution in [0.3, 0.4) is 0 Å². The molecule has 30 heavy (non-hydrogen) atoms. The highest BCUT2D eigenvalue weighted by atomic mass is 32.1. The van der Waals surface area contributed by atoms with Crippen molar-refractivity contribution in [2.24, 2.45) is 13.0 Å². The lowest BCUT2D eigenvalue weighted by Gasteiger charge is -2.50. The molecule has 2 bridgehead atoms. The Morgan fingerprint density at radius 2 is 2.10 bits per heavy atom. The lowest BCUT2D eigenvalue weighted by Crippen LogP contribution is -2.55. The van der Waals surface area contributed by atoms with E-state index < -0.39 is 0 Å². The van der Waals surface area contributed by atoms with Crippen LogP contribution in [0.5, 0.6) is 5.75 Å². The summed E-state index contributed by atoms with van der Waals surface area (Å²) in [6, 6.07) is 15.6. The second kappa shape index (κ2) is 8.53. The molecule has 0 spiro atoms. The van der Waals surface area contributed by atoms with Gasteiger partial charge in [-0.05, 0) is 60.5 Å². The summed E-state index contributed by atoms with van der Waals surface area (Å²) in [5, 5.41) is 10.6. The molecule has 6 heteroatoms. The summed E-state index contributed by atoms with van der Waals surface area (Å²) in [5.74, 6) is 2.27. The molecule has 3 fully saturated rings. The zero-order valence-electron chi connectivity index (χ0n) is 17.8. The lowest BCUT2D eigenvalue weighted by molar-refractivity contribution is 0.0282. The van der Waals surface area contributed by atoms with Crippen molar-refractivity contribution in [3.05, 3.63) is 59.1 Å². The molecule has 158 valence electrons. The average molecular weight is 423 g/mol. The number of hydrogen-bond acceptors (Lipinski definition) is 5. The van der Waals surface area contributed by atoms with Crippen LogP contribution in [0.25, 0.3) is 10.6 Å². The van der Waals surface area contributed by atoms with Crippen molar-refractivity contribution in [3.63, 3.8) is 0 Å². The maximum absolute atomic E-state index is 5.25. The Balaban J connectivity index is 1.20. The molecule has 6 rings (SSSR count). The van der Waals surface area contributed by atoms with Gasteiger partial charge in [0, 0.05) is 44.3 Å². The minimum Gasteiger partial charge on any atom is -0.497 e. The maximum Gasteiger partial charge on any atom is 0.118 e. The topological polar surface area (TPSA) is 42.3 Å².